The highest BCUT2D eigenvalue weighted by Crippen LogP contribution is 2.24. The molecule has 0 saturated heterocycles. The van der Waals surface area contributed by atoms with Crippen LogP contribution < -0.4 is 9.62 Å². The van der Waals surface area contributed by atoms with Crippen LogP contribution in [0.1, 0.15) is 23.9 Å². The molecule has 2 heterocycles. The predicted octanol–water partition coefficient (Wildman–Crippen LogP) is 2.89. The minimum Gasteiger partial charge on any atom is -0.345 e. The fraction of sp³-hybridized carbons (Fsp3) is 0.316. The Kier molecular flexibility index (Phi) is 6.04. The molecule has 0 spiro atoms. The summed E-state index contributed by atoms with van der Waals surface area (Å²) in [4.78, 5) is 17.8. The quantitative estimate of drug-likeness (QED) is 0.613. The van der Waals surface area contributed by atoms with Crippen LogP contribution in [0.4, 0.5) is 5.69 Å². The number of hydrogen-bond donors (Lipinski definition) is 1. The van der Waals surface area contributed by atoms with Gasteiger partial charge in [-0.1, -0.05) is 17.3 Å². The first kappa shape index (κ1) is 21.0. The second kappa shape index (κ2) is 8.34. The Hall–Kier alpha value is -2.72. The van der Waals surface area contributed by atoms with E-state index in [0.717, 1.165) is 26.6 Å². The minimum absolute atomic E-state index is 0.00603. The molecule has 0 aliphatic rings. The highest BCUT2D eigenvalue weighted by molar-refractivity contribution is 7.92. The largest absolute Gasteiger partial charge is 0.345 e. The monoisotopic (exact) mass is 434 g/mol. The maximum atomic E-state index is 12.7. The molecule has 8 nitrogen and oxygen atoms in total. The van der Waals surface area contributed by atoms with E-state index in [2.05, 4.69) is 15.5 Å². The van der Waals surface area contributed by atoms with Crippen molar-refractivity contribution in [2.75, 3.05) is 10.6 Å². The van der Waals surface area contributed by atoms with Crippen molar-refractivity contribution >= 4 is 33.0 Å². The highest BCUT2D eigenvalue weighted by atomic mass is 32.2. The van der Waals surface area contributed by atoms with Gasteiger partial charge in [0.25, 0.3) is 0 Å². The molecule has 10 heteroatoms. The zero-order valence-corrected chi connectivity index (χ0v) is 18.2. The van der Waals surface area contributed by atoms with Gasteiger partial charge in [-0.2, -0.15) is 4.98 Å². The summed E-state index contributed by atoms with van der Waals surface area (Å²) >= 11 is 1.48. The van der Waals surface area contributed by atoms with Gasteiger partial charge in [0.2, 0.25) is 27.6 Å². The van der Waals surface area contributed by atoms with E-state index >= 15 is 0 Å². The van der Waals surface area contributed by atoms with Crippen LogP contribution in [-0.2, 0) is 21.4 Å². The number of nitrogens with one attached hydrogen (secondary N) is 1. The maximum Gasteiger partial charge on any atom is 0.246 e. The summed E-state index contributed by atoms with van der Waals surface area (Å²) in [6.07, 6.45) is 1.08. The van der Waals surface area contributed by atoms with Gasteiger partial charge in [-0.25, -0.2) is 8.42 Å². The Morgan fingerprint density at radius 1 is 1.28 bits per heavy atom. The molecule has 29 heavy (non-hydrogen) atoms. The third-order valence-electron chi connectivity index (χ3n) is 4.46. The molecule has 1 atom stereocenters. The van der Waals surface area contributed by atoms with Crippen molar-refractivity contribution in [2.24, 2.45) is 0 Å². The van der Waals surface area contributed by atoms with Gasteiger partial charge in [-0.15, -0.1) is 11.3 Å². The molecule has 0 aliphatic carbocycles. The Balaban J connectivity index is 1.73. The maximum absolute atomic E-state index is 12.7. The number of carbonyl (C=O) groups is 1. The smallest absolute Gasteiger partial charge is 0.246 e. The van der Waals surface area contributed by atoms with Crippen LogP contribution in [0.3, 0.4) is 0 Å². The molecule has 1 amide bonds. The average Bonchev–Trinajstić information content (AvgIpc) is 3.32. The van der Waals surface area contributed by atoms with Crippen molar-refractivity contribution in [1.82, 2.24) is 15.5 Å². The lowest BCUT2D eigenvalue weighted by atomic mass is 10.1. The predicted molar refractivity (Wildman–Crippen MR) is 112 cm³/mol. The molecule has 3 rings (SSSR count). The van der Waals surface area contributed by atoms with Gasteiger partial charge in [0.15, 0.2) is 0 Å². The van der Waals surface area contributed by atoms with E-state index < -0.39 is 22.0 Å². The third-order valence-corrected chi connectivity index (χ3v) is 6.56. The topological polar surface area (TPSA) is 105 Å². The fourth-order valence-electron chi connectivity index (χ4n) is 2.81. The van der Waals surface area contributed by atoms with Crippen LogP contribution in [-0.4, -0.2) is 36.8 Å². The number of sulfonamides is 1. The molecular formula is C19H22N4O4S2. The number of nitrogens with zero attached hydrogens (tertiary/aromatic N) is 3. The van der Waals surface area contributed by atoms with Gasteiger partial charge in [-0.3, -0.25) is 9.10 Å². The summed E-state index contributed by atoms with van der Waals surface area (Å²) in [5.41, 5.74) is 2.42. The number of aromatic nitrogens is 2. The van der Waals surface area contributed by atoms with E-state index in [1.54, 1.807) is 12.1 Å². The van der Waals surface area contributed by atoms with E-state index in [1.807, 2.05) is 37.4 Å². The number of thiophene rings is 1. The molecule has 154 valence electrons. The summed E-state index contributed by atoms with van der Waals surface area (Å²) in [7, 11) is -3.68. The molecule has 0 aliphatic heterocycles. The van der Waals surface area contributed by atoms with E-state index in [1.165, 1.54) is 18.3 Å². The van der Waals surface area contributed by atoms with Crippen LogP contribution in [0.25, 0.3) is 10.7 Å². The number of carbonyl (C=O) groups excluding carboxylic acids is 1. The first-order valence-corrected chi connectivity index (χ1v) is 11.6. The van der Waals surface area contributed by atoms with Crippen molar-refractivity contribution in [2.45, 2.75) is 33.4 Å². The van der Waals surface area contributed by atoms with Crippen molar-refractivity contribution in [3.63, 3.8) is 0 Å². The lowest BCUT2D eigenvalue weighted by molar-refractivity contribution is -0.122. The number of amides is 1. The Morgan fingerprint density at radius 3 is 2.66 bits per heavy atom. The minimum atomic E-state index is -3.68. The lowest BCUT2D eigenvalue weighted by Crippen LogP contribution is -2.47. The number of rotatable bonds is 7. The number of hydrogen-bond acceptors (Lipinski definition) is 7. The normalized spacial score (nSPS) is 12.6. The number of anilines is 1. The van der Waals surface area contributed by atoms with Crippen molar-refractivity contribution < 1.29 is 17.7 Å². The molecule has 1 aromatic carbocycles. The fourth-order valence-corrected chi connectivity index (χ4v) is 4.63. The molecule has 1 unspecified atom stereocenters. The van der Waals surface area contributed by atoms with Crippen LogP contribution in [0.2, 0.25) is 0 Å². The summed E-state index contributed by atoms with van der Waals surface area (Å²) < 4.78 is 31.0. The van der Waals surface area contributed by atoms with Gasteiger partial charge in [0.05, 0.1) is 23.4 Å². The van der Waals surface area contributed by atoms with Crippen molar-refractivity contribution in [3.8, 4) is 10.7 Å². The zero-order valence-electron chi connectivity index (χ0n) is 16.5. The molecule has 0 radical (unpaired) electrons. The molecule has 3 aromatic rings. The summed E-state index contributed by atoms with van der Waals surface area (Å²) in [6.45, 7) is 5.38. The van der Waals surface area contributed by atoms with Crippen LogP contribution in [0.5, 0.6) is 0 Å². The van der Waals surface area contributed by atoms with Crippen LogP contribution in [0, 0.1) is 13.8 Å². The first-order valence-electron chi connectivity index (χ1n) is 8.87. The summed E-state index contributed by atoms with van der Waals surface area (Å²) in [5.74, 6) is 0.223. The zero-order chi connectivity index (χ0) is 21.2. The third kappa shape index (κ3) is 4.83. The molecule has 0 saturated carbocycles. The van der Waals surface area contributed by atoms with Gasteiger partial charge in [0, 0.05) is 0 Å². The van der Waals surface area contributed by atoms with Crippen LogP contribution in [0.15, 0.2) is 40.2 Å². The lowest BCUT2D eigenvalue weighted by Gasteiger charge is -2.28. The van der Waals surface area contributed by atoms with Crippen molar-refractivity contribution in [1.29, 1.82) is 0 Å². The van der Waals surface area contributed by atoms with Gasteiger partial charge in [0.1, 0.15) is 6.04 Å². The molecule has 1 N–H and O–H groups in total. The Morgan fingerprint density at radius 2 is 2.03 bits per heavy atom. The standard InChI is InChI=1S/C19H22N4O4S2/c1-12-7-8-15(10-13(12)2)23(29(4,25)26)14(3)19(24)20-11-17-21-18(22-27-17)16-6-5-9-28-16/h5-10,14H,11H2,1-4H3,(H,20,24). The van der Waals surface area contributed by atoms with E-state index in [4.69, 9.17) is 4.52 Å². The molecule has 0 fully saturated rings. The first-order chi connectivity index (χ1) is 13.7. The second-order valence-electron chi connectivity index (χ2n) is 6.71. The van der Waals surface area contributed by atoms with Crippen LogP contribution >= 0.6 is 11.3 Å². The number of benzene rings is 1. The van der Waals surface area contributed by atoms with Gasteiger partial charge in [-0.05, 0) is 55.5 Å². The second-order valence-corrected chi connectivity index (χ2v) is 9.52. The summed E-state index contributed by atoms with van der Waals surface area (Å²) in [6, 6.07) is 8.08. The number of aryl methyl sites for hydroxylation is 2. The Labute approximate surface area is 173 Å². The summed E-state index contributed by atoms with van der Waals surface area (Å²) in [5, 5.41) is 8.46. The molecule has 0 bridgehead atoms. The average molecular weight is 435 g/mol. The van der Waals surface area contributed by atoms with E-state index in [9.17, 15) is 13.2 Å². The SMILES string of the molecule is Cc1ccc(N(C(C)C(=O)NCc2nc(-c3cccs3)no2)S(C)(=O)=O)cc1C. The van der Waals surface area contributed by atoms with Crippen molar-refractivity contribution in [3.05, 3.63) is 52.7 Å². The molecular weight excluding hydrogens is 412 g/mol. The van der Waals surface area contributed by atoms with E-state index in [0.29, 0.717) is 11.5 Å². The Bertz CT molecular complexity index is 1110. The van der Waals surface area contributed by atoms with E-state index in [-0.39, 0.29) is 12.4 Å². The molecule has 2 aromatic heterocycles. The van der Waals surface area contributed by atoms with Gasteiger partial charge >= 0.3 is 0 Å². The van der Waals surface area contributed by atoms with Gasteiger partial charge < -0.3 is 9.84 Å². The highest BCUT2D eigenvalue weighted by Gasteiger charge is 2.29.